The third-order valence-corrected chi connectivity index (χ3v) is 4.01. The van der Waals surface area contributed by atoms with E-state index in [1.54, 1.807) is 0 Å². The summed E-state index contributed by atoms with van der Waals surface area (Å²) >= 11 is 3.27. The first kappa shape index (κ1) is 9.39. The maximum atomic E-state index is 10.8. The van der Waals surface area contributed by atoms with Crippen molar-refractivity contribution in [3.63, 3.8) is 0 Å². The summed E-state index contributed by atoms with van der Waals surface area (Å²) in [6.45, 7) is 1.61. The molecule has 0 saturated heterocycles. The van der Waals surface area contributed by atoms with Gasteiger partial charge >= 0.3 is 0 Å². The van der Waals surface area contributed by atoms with Gasteiger partial charge in [0.1, 0.15) is 10.2 Å². The Balaban J connectivity index is 2.00. The fraction of sp³-hybridized carbons (Fsp3) is 0.600. The van der Waals surface area contributed by atoms with Crippen molar-refractivity contribution in [3.05, 3.63) is 10.2 Å². The van der Waals surface area contributed by atoms with Crippen molar-refractivity contribution in [2.45, 2.75) is 25.8 Å². The molecule has 0 unspecified atom stereocenters. The lowest BCUT2D eigenvalue weighted by Crippen LogP contribution is -2.43. The molecule has 1 aliphatic carbocycles. The lowest BCUT2D eigenvalue weighted by Gasteiger charge is -2.44. The largest absolute Gasteiger partial charge is 0.477 e. The minimum absolute atomic E-state index is 0.290. The van der Waals surface area contributed by atoms with Crippen molar-refractivity contribution < 1.29 is 9.53 Å². The lowest BCUT2D eigenvalue weighted by molar-refractivity contribution is 0.00152. The van der Waals surface area contributed by atoms with Gasteiger partial charge in [0, 0.05) is 5.41 Å². The van der Waals surface area contributed by atoms with Gasteiger partial charge in [0.25, 0.3) is 0 Å². The van der Waals surface area contributed by atoms with E-state index in [1.807, 2.05) is 4.68 Å². The molecule has 0 amide bonds. The van der Waals surface area contributed by atoms with Gasteiger partial charge in [-0.2, -0.15) is 5.10 Å². The summed E-state index contributed by atoms with van der Waals surface area (Å²) < 4.78 is 8.07. The van der Waals surface area contributed by atoms with Crippen LogP contribution >= 0.6 is 15.9 Å². The maximum Gasteiger partial charge on any atom is 0.223 e. The molecule has 0 aromatic carbocycles. The second kappa shape index (κ2) is 3.07. The van der Waals surface area contributed by atoms with Crippen LogP contribution in [0.4, 0.5) is 0 Å². The highest BCUT2D eigenvalue weighted by molar-refractivity contribution is 9.10. The first-order valence-electron chi connectivity index (χ1n) is 5.08. The van der Waals surface area contributed by atoms with Crippen LogP contribution in [0.3, 0.4) is 0 Å². The molecule has 0 N–H and O–H groups in total. The van der Waals surface area contributed by atoms with E-state index in [9.17, 15) is 4.79 Å². The minimum Gasteiger partial charge on any atom is -0.477 e. The van der Waals surface area contributed by atoms with E-state index >= 15 is 0 Å². The van der Waals surface area contributed by atoms with Gasteiger partial charge < -0.3 is 4.74 Å². The zero-order chi connectivity index (χ0) is 10.5. The summed E-state index contributed by atoms with van der Waals surface area (Å²) in [4.78, 5) is 10.8. The summed E-state index contributed by atoms with van der Waals surface area (Å²) in [5, 5.41) is 4.28. The van der Waals surface area contributed by atoms with Crippen LogP contribution in [0.5, 0.6) is 5.88 Å². The summed E-state index contributed by atoms with van der Waals surface area (Å²) in [5.41, 5.74) is 0.822. The number of hydrogen-bond acceptors (Lipinski definition) is 3. The Labute approximate surface area is 95.7 Å². The Bertz CT molecular complexity index is 423. The number of nitrogens with zero attached hydrogens (tertiary/aromatic N) is 2. The van der Waals surface area contributed by atoms with Gasteiger partial charge in [-0.15, -0.1) is 0 Å². The second-order valence-corrected chi connectivity index (χ2v) is 5.18. The van der Waals surface area contributed by atoms with Crippen molar-refractivity contribution in [1.82, 2.24) is 9.78 Å². The van der Waals surface area contributed by atoms with Crippen molar-refractivity contribution in [3.8, 4) is 5.88 Å². The zero-order valence-corrected chi connectivity index (χ0v) is 9.79. The lowest BCUT2D eigenvalue weighted by atomic mass is 9.69. The zero-order valence-electron chi connectivity index (χ0n) is 8.20. The molecule has 80 valence electrons. The van der Waals surface area contributed by atoms with Crippen LogP contribution < -0.4 is 4.74 Å². The van der Waals surface area contributed by atoms with E-state index in [0.29, 0.717) is 21.5 Å². The summed E-state index contributed by atoms with van der Waals surface area (Å²) in [5.74, 6) is 0.620. The Kier molecular flexibility index (Phi) is 1.92. The molecule has 15 heavy (non-hydrogen) atoms. The number of carbonyl (C=O) groups excluding carboxylic acids is 1. The number of hydrogen-bond donors (Lipinski definition) is 0. The first-order valence-corrected chi connectivity index (χ1v) is 5.88. The normalized spacial score (nSPS) is 21.7. The molecule has 5 heteroatoms. The van der Waals surface area contributed by atoms with Crippen molar-refractivity contribution in [2.24, 2.45) is 5.41 Å². The first-order chi connectivity index (χ1) is 7.24. The van der Waals surface area contributed by atoms with E-state index in [0.717, 1.165) is 19.4 Å². The molecular weight excluding hydrogens is 260 g/mol. The fourth-order valence-corrected chi connectivity index (χ4v) is 2.81. The van der Waals surface area contributed by atoms with Crippen molar-refractivity contribution >= 4 is 22.2 Å². The Hall–Kier alpha value is -0.840. The van der Waals surface area contributed by atoms with Gasteiger partial charge in [-0.25, -0.2) is 4.68 Å². The number of ether oxygens (including phenoxy) is 1. The fourth-order valence-electron chi connectivity index (χ4n) is 2.36. The van der Waals surface area contributed by atoms with Crippen molar-refractivity contribution in [2.75, 3.05) is 6.61 Å². The van der Waals surface area contributed by atoms with Gasteiger partial charge in [-0.05, 0) is 28.8 Å². The summed E-state index contributed by atoms with van der Waals surface area (Å²) in [6.07, 6.45) is 4.49. The molecule has 0 radical (unpaired) electrons. The molecule has 1 saturated carbocycles. The van der Waals surface area contributed by atoms with Crippen LogP contribution in [-0.2, 0) is 6.54 Å². The summed E-state index contributed by atoms with van der Waals surface area (Å²) in [7, 11) is 0. The molecule has 3 rings (SSSR count). The smallest absolute Gasteiger partial charge is 0.223 e. The van der Waals surface area contributed by atoms with E-state index < -0.39 is 0 Å². The SMILES string of the molecule is O=Cc1c(Br)nn2c1OCC1(CCC1)C2. The molecule has 0 atom stereocenters. The topological polar surface area (TPSA) is 44.1 Å². The van der Waals surface area contributed by atoms with Crippen LogP contribution in [-0.4, -0.2) is 22.7 Å². The molecule has 0 bridgehead atoms. The molecule has 1 aliphatic heterocycles. The second-order valence-electron chi connectivity index (χ2n) is 4.43. The monoisotopic (exact) mass is 270 g/mol. The molecule has 1 aromatic heterocycles. The summed E-state index contributed by atoms with van der Waals surface area (Å²) in [6, 6.07) is 0. The number of fused-ring (bicyclic) bond motifs is 1. The van der Waals surface area contributed by atoms with Crippen LogP contribution in [0.15, 0.2) is 4.60 Å². The van der Waals surface area contributed by atoms with Crippen LogP contribution in [0.2, 0.25) is 0 Å². The molecule has 1 spiro atoms. The van der Waals surface area contributed by atoms with Gasteiger partial charge in [-0.3, -0.25) is 4.79 Å². The highest BCUT2D eigenvalue weighted by Gasteiger charge is 2.42. The quantitative estimate of drug-likeness (QED) is 0.734. The minimum atomic E-state index is 0.290. The van der Waals surface area contributed by atoms with Crippen LogP contribution in [0, 0.1) is 5.41 Å². The maximum absolute atomic E-state index is 10.8. The molecule has 4 nitrogen and oxygen atoms in total. The third-order valence-electron chi connectivity index (χ3n) is 3.43. The predicted octanol–water partition coefficient (Wildman–Crippen LogP) is 2.02. The third kappa shape index (κ3) is 1.25. The van der Waals surface area contributed by atoms with E-state index in [4.69, 9.17) is 4.74 Å². The highest BCUT2D eigenvalue weighted by atomic mass is 79.9. The highest BCUT2D eigenvalue weighted by Crippen LogP contribution is 2.46. The Morgan fingerprint density at radius 3 is 2.93 bits per heavy atom. The molecule has 1 fully saturated rings. The average Bonchev–Trinajstić information content (AvgIpc) is 2.49. The number of carbonyl (C=O) groups is 1. The predicted molar refractivity (Wildman–Crippen MR) is 57.1 cm³/mol. The van der Waals surface area contributed by atoms with Crippen molar-refractivity contribution in [1.29, 1.82) is 0 Å². The molecule has 1 aromatic rings. The van der Waals surface area contributed by atoms with Gasteiger partial charge in [0.15, 0.2) is 6.29 Å². The number of halogens is 1. The number of aldehydes is 1. The van der Waals surface area contributed by atoms with Gasteiger partial charge in [0.05, 0.1) is 13.2 Å². The van der Waals surface area contributed by atoms with Crippen LogP contribution in [0.1, 0.15) is 29.6 Å². The van der Waals surface area contributed by atoms with E-state index in [2.05, 4.69) is 21.0 Å². The van der Waals surface area contributed by atoms with Gasteiger partial charge in [0.2, 0.25) is 5.88 Å². The van der Waals surface area contributed by atoms with E-state index in [-0.39, 0.29) is 0 Å². The van der Waals surface area contributed by atoms with Gasteiger partial charge in [-0.1, -0.05) is 6.42 Å². The molecule has 2 aliphatic rings. The standard InChI is InChI=1S/C10H11BrN2O2/c11-8-7(4-14)9-13(12-8)5-10(6-15-9)2-1-3-10/h4H,1-3,5-6H2. The number of rotatable bonds is 1. The average molecular weight is 271 g/mol. The number of aromatic nitrogens is 2. The molecular formula is C10H11BrN2O2. The Morgan fingerprint density at radius 1 is 1.53 bits per heavy atom. The molecule has 2 heterocycles. The van der Waals surface area contributed by atoms with E-state index in [1.165, 1.54) is 19.3 Å². The van der Waals surface area contributed by atoms with Crippen LogP contribution in [0.25, 0.3) is 0 Å². The Morgan fingerprint density at radius 2 is 2.33 bits per heavy atom.